The first-order valence-corrected chi connectivity index (χ1v) is 13.1. The molecule has 1 saturated heterocycles. The fourth-order valence-electron chi connectivity index (χ4n) is 4.10. The maximum absolute atomic E-state index is 13.8. The molecule has 4 rings (SSSR count). The van der Waals surface area contributed by atoms with Crippen molar-refractivity contribution in [2.45, 2.75) is 45.7 Å². The fraction of sp³-hybridized carbons (Fsp3) is 0.391. The van der Waals surface area contributed by atoms with Gasteiger partial charge in [0.05, 0.1) is 23.0 Å². The second-order valence-corrected chi connectivity index (χ2v) is 11.1. The molecule has 164 valence electrons. The standard InChI is InChI=1S/C23H27N3O3S2/c1-16-12-13-17(2)21-20(16)24-23(30-21)25(15-18-9-5-4-6-10-18)22(27)19-11-7-8-14-26(19)31(3,28)29/h4-6,9-10,12-13,19H,7-8,11,14-15H2,1-3H3. The van der Waals surface area contributed by atoms with Gasteiger partial charge in [0, 0.05) is 6.54 Å². The molecule has 8 heteroatoms. The second kappa shape index (κ2) is 8.68. The lowest BCUT2D eigenvalue weighted by atomic mass is 10.0. The maximum Gasteiger partial charge on any atom is 0.247 e. The summed E-state index contributed by atoms with van der Waals surface area (Å²) in [5, 5.41) is 0.611. The van der Waals surface area contributed by atoms with Gasteiger partial charge in [-0.15, -0.1) is 0 Å². The number of hydrogen-bond donors (Lipinski definition) is 0. The van der Waals surface area contributed by atoms with E-state index in [2.05, 4.69) is 6.07 Å². The Morgan fingerprint density at radius 1 is 1.13 bits per heavy atom. The summed E-state index contributed by atoms with van der Waals surface area (Å²) < 4.78 is 27.2. The minimum Gasteiger partial charge on any atom is -0.282 e. The van der Waals surface area contributed by atoms with Gasteiger partial charge in [-0.1, -0.05) is 60.2 Å². The Hall–Kier alpha value is -2.29. The van der Waals surface area contributed by atoms with Gasteiger partial charge in [0.2, 0.25) is 15.9 Å². The first-order chi connectivity index (χ1) is 14.8. The van der Waals surface area contributed by atoms with Gasteiger partial charge in [-0.25, -0.2) is 13.4 Å². The Bertz CT molecular complexity index is 1170. The predicted octanol–water partition coefficient (Wildman–Crippen LogP) is 4.26. The number of nitrogens with zero attached hydrogens (tertiary/aromatic N) is 3. The zero-order valence-corrected chi connectivity index (χ0v) is 19.7. The van der Waals surface area contributed by atoms with E-state index in [-0.39, 0.29) is 5.91 Å². The van der Waals surface area contributed by atoms with Crippen molar-refractivity contribution in [2.75, 3.05) is 17.7 Å². The third-order valence-electron chi connectivity index (χ3n) is 5.78. The van der Waals surface area contributed by atoms with E-state index in [0.29, 0.717) is 24.6 Å². The average Bonchev–Trinajstić information content (AvgIpc) is 3.21. The summed E-state index contributed by atoms with van der Waals surface area (Å²) in [7, 11) is -3.48. The maximum atomic E-state index is 13.8. The molecule has 0 radical (unpaired) electrons. The number of carbonyl (C=O) groups excluding carboxylic acids is 1. The van der Waals surface area contributed by atoms with Crippen molar-refractivity contribution in [3.63, 3.8) is 0 Å². The highest BCUT2D eigenvalue weighted by atomic mass is 32.2. The van der Waals surface area contributed by atoms with Crippen LogP contribution in [0.15, 0.2) is 42.5 Å². The first kappa shape index (κ1) is 21.9. The predicted molar refractivity (Wildman–Crippen MR) is 126 cm³/mol. The molecule has 2 heterocycles. The zero-order chi connectivity index (χ0) is 22.2. The third kappa shape index (κ3) is 4.51. The number of piperidine rings is 1. The van der Waals surface area contributed by atoms with Crippen LogP contribution < -0.4 is 4.90 Å². The van der Waals surface area contributed by atoms with E-state index in [1.54, 1.807) is 4.90 Å². The number of rotatable bonds is 5. The van der Waals surface area contributed by atoms with E-state index in [1.165, 1.54) is 21.9 Å². The Balaban J connectivity index is 1.78. The molecule has 1 fully saturated rings. The van der Waals surface area contributed by atoms with Crippen LogP contribution in [0.3, 0.4) is 0 Å². The first-order valence-electron chi connectivity index (χ1n) is 10.4. The summed E-state index contributed by atoms with van der Waals surface area (Å²) in [5.74, 6) is -0.205. The van der Waals surface area contributed by atoms with E-state index in [4.69, 9.17) is 4.98 Å². The summed E-state index contributed by atoms with van der Waals surface area (Å²) in [5.41, 5.74) is 4.05. The summed E-state index contributed by atoms with van der Waals surface area (Å²) >= 11 is 1.49. The number of aryl methyl sites for hydroxylation is 2. The van der Waals surface area contributed by atoms with Crippen LogP contribution in [-0.2, 0) is 21.4 Å². The van der Waals surface area contributed by atoms with Gasteiger partial charge in [-0.05, 0) is 43.4 Å². The molecule has 1 aromatic heterocycles. The van der Waals surface area contributed by atoms with E-state index in [9.17, 15) is 13.2 Å². The molecule has 0 aliphatic carbocycles. The highest BCUT2D eigenvalue weighted by Crippen LogP contribution is 2.35. The highest BCUT2D eigenvalue weighted by molar-refractivity contribution is 7.88. The third-order valence-corrected chi connectivity index (χ3v) is 8.28. The molecule has 6 nitrogen and oxygen atoms in total. The molecule has 31 heavy (non-hydrogen) atoms. The molecule has 0 spiro atoms. The lowest BCUT2D eigenvalue weighted by Gasteiger charge is -2.35. The molecule has 2 aromatic carbocycles. The Morgan fingerprint density at radius 2 is 1.84 bits per heavy atom. The molecule has 0 N–H and O–H groups in total. The number of sulfonamides is 1. The lowest BCUT2D eigenvalue weighted by Crippen LogP contribution is -2.52. The van der Waals surface area contributed by atoms with Crippen LogP contribution in [0.1, 0.15) is 36.0 Å². The van der Waals surface area contributed by atoms with Gasteiger partial charge in [-0.3, -0.25) is 9.69 Å². The molecule has 1 unspecified atom stereocenters. The van der Waals surface area contributed by atoms with Gasteiger partial charge in [0.15, 0.2) is 5.13 Å². The monoisotopic (exact) mass is 457 g/mol. The molecule has 1 aliphatic rings. The van der Waals surface area contributed by atoms with Gasteiger partial charge in [-0.2, -0.15) is 4.31 Å². The van der Waals surface area contributed by atoms with Gasteiger partial charge >= 0.3 is 0 Å². The van der Waals surface area contributed by atoms with E-state index < -0.39 is 16.1 Å². The number of anilines is 1. The van der Waals surface area contributed by atoms with Gasteiger partial charge in [0.25, 0.3) is 0 Å². The Labute approximate surface area is 187 Å². The number of aromatic nitrogens is 1. The van der Waals surface area contributed by atoms with Crippen LogP contribution in [0.4, 0.5) is 5.13 Å². The van der Waals surface area contributed by atoms with E-state index >= 15 is 0 Å². The van der Waals surface area contributed by atoms with Crippen molar-refractivity contribution in [1.82, 2.24) is 9.29 Å². The fourth-order valence-corrected chi connectivity index (χ4v) is 6.33. The van der Waals surface area contributed by atoms with Crippen LogP contribution in [0, 0.1) is 13.8 Å². The summed E-state index contributed by atoms with van der Waals surface area (Å²) in [6, 6.07) is 13.2. The van der Waals surface area contributed by atoms with Crippen molar-refractivity contribution in [3.05, 3.63) is 59.2 Å². The molecule has 0 bridgehead atoms. The molecule has 1 aliphatic heterocycles. The molecule has 3 aromatic rings. The number of hydrogen-bond acceptors (Lipinski definition) is 5. The topological polar surface area (TPSA) is 70.6 Å². The van der Waals surface area contributed by atoms with Gasteiger partial charge in [0.1, 0.15) is 6.04 Å². The summed E-state index contributed by atoms with van der Waals surface area (Å²) in [6.07, 6.45) is 3.32. The molecular formula is C23H27N3O3S2. The highest BCUT2D eigenvalue weighted by Gasteiger charge is 2.38. The lowest BCUT2D eigenvalue weighted by molar-refractivity contribution is -0.123. The number of fused-ring (bicyclic) bond motifs is 1. The van der Waals surface area contributed by atoms with Crippen molar-refractivity contribution >= 4 is 42.6 Å². The Kier molecular flexibility index (Phi) is 6.14. The normalized spacial score (nSPS) is 17.7. The van der Waals surface area contributed by atoms with Crippen molar-refractivity contribution in [3.8, 4) is 0 Å². The molecule has 1 amide bonds. The Morgan fingerprint density at radius 3 is 2.52 bits per heavy atom. The van der Waals surface area contributed by atoms with Crippen LogP contribution in [0.5, 0.6) is 0 Å². The number of carbonyl (C=O) groups is 1. The number of thiazole rings is 1. The average molecular weight is 458 g/mol. The number of benzene rings is 2. The second-order valence-electron chi connectivity index (χ2n) is 8.17. The quantitative estimate of drug-likeness (QED) is 0.574. The van der Waals surface area contributed by atoms with Crippen LogP contribution in [0.2, 0.25) is 0 Å². The molecule has 0 saturated carbocycles. The SMILES string of the molecule is Cc1ccc(C)c2sc(N(Cc3ccccc3)C(=O)C3CCCCN3S(C)(=O)=O)nc12. The zero-order valence-electron chi connectivity index (χ0n) is 18.0. The number of amides is 1. The van der Waals surface area contributed by atoms with Crippen molar-refractivity contribution < 1.29 is 13.2 Å². The van der Waals surface area contributed by atoms with Crippen LogP contribution in [0.25, 0.3) is 10.2 Å². The van der Waals surface area contributed by atoms with Crippen LogP contribution >= 0.6 is 11.3 Å². The van der Waals surface area contributed by atoms with Crippen LogP contribution in [-0.4, -0.2) is 42.5 Å². The minimum atomic E-state index is -3.48. The van der Waals surface area contributed by atoms with E-state index in [1.807, 2.05) is 50.2 Å². The molecule has 1 atom stereocenters. The largest absolute Gasteiger partial charge is 0.282 e. The minimum absolute atomic E-state index is 0.205. The van der Waals surface area contributed by atoms with Gasteiger partial charge < -0.3 is 0 Å². The summed E-state index contributed by atoms with van der Waals surface area (Å²) in [6.45, 7) is 4.79. The summed E-state index contributed by atoms with van der Waals surface area (Å²) in [4.78, 5) is 20.3. The van der Waals surface area contributed by atoms with Crippen molar-refractivity contribution in [1.29, 1.82) is 0 Å². The van der Waals surface area contributed by atoms with E-state index in [0.717, 1.165) is 39.7 Å². The van der Waals surface area contributed by atoms with Crippen molar-refractivity contribution in [2.24, 2.45) is 0 Å². The molecular weight excluding hydrogens is 430 g/mol. The smallest absolute Gasteiger partial charge is 0.247 e.